The summed E-state index contributed by atoms with van der Waals surface area (Å²) in [5.74, 6) is 0.207. The Kier molecular flexibility index (Phi) is 4.11. The molecule has 0 radical (unpaired) electrons. The van der Waals surface area contributed by atoms with Gasteiger partial charge in [-0.2, -0.15) is 0 Å². The van der Waals surface area contributed by atoms with Gasteiger partial charge in [0.2, 0.25) is 5.91 Å². The Morgan fingerprint density at radius 3 is 2.80 bits per heavy atom. The van der Waals surface area contributed by atoms with Crippen molar-refractivity contribution in [3.8, 4) is 0 Å². The van der Waals surface area contributed by atoms with E-state index in [-0.39, 0.29) is 17.5 Å². The molecule has 0 aliphatic carbocycles. The molecule has 4 heteroatoms. The van der Waals surface area contributed by atoms with Crippen molar-refractivity contribution in [2.45, 2.75) is 38.8 Å². The van der Waals surface area contributed by atoms with E-state index in [0.29, 0.717) is 6.61 Å². The molecule has 1 N–H and O–H groups in total. The third-order valence-electron chi connectivity index (χ3n) is 2.88. The molecule has 1 aliphatic rings. The average molecular weight is 214 g/mol. The van der Waals surface area contributed by atoms with E-state index in [9.17, 15) is 4.79 Å². The van der Waals surface area contributed by atoms with E-state index >= 15 is 0 Å². The summed E-state index contributed by atoms with van der Waals surface area (Å²) in [6, 6.07) is 0.00568. The zero-order chi connectivity index (χ0) is 11.5. The van der Waals surface area contributed by atoms with Gasteiger partial charge in [-0.05, 0) is 26.8 Å². The summed E-state index contributed by atoms with van der Waals surface area (Å²) in [6.07, 6.45) is 0.903. The highest BCUT2D eigenvalue weighted by Gasteiger charge is 2.39. The van der Waals surface area contributed by atoms with Crippen LogP contribution in [-0.2, 0) is 9.53 Å². The summed E-state index contributed by atoms with van der Waals surface area (Å²) in [6.45, 7) is 8.36. The minimum Gasteiger partial charge on any atom is -0.382 e. The fourth-order valence-corrected chi connectivity index (χ4v) is 2.15. The van der Waals surface area contributed by atoms with Crippen molar-refractivity contribution in [3.05, 3.63) is 0 Å². The summed E-state index contributed by atoms with van der Waals surface area (Å²) in [4.78, 5) is 13.9. The lowest BCUT2D eigenvalue weighted by molar-refractivity contribution is -0.135. The molecule has 1 fully saturated rings. The van der Waals surface area contributed by atoms with E-state index in [4.69, 9.17) is 4.74 Å². The van der Waals surface area contributed by atoms with Crippen molar-refractivity contribution in [3.63, 3.8) is 0 Å². The Morgan fingerprint density at radius 2 is 2.27 bits per heavy atom. The number of nitrogens with one attached hydrogen (secondary N) is 1. The second-order valence-electron chi connectivity index (χ2n) is 4.63. The smallest absolute Gasteiger partial charge is 0.240 e. The number of likely N-dealkylation sites (N-methyl/N-ethyl adjacent to an activating group) is 1. The van der Waals surface area contributed by atoms with Crippen LogP contribution in [0.15, 0.2) is 0 Å². The molecular weight excluding hydrogens is 192 g/mol. The van der Waals surface area contributed by atoms with E-state index < -0.39 is 0 Å². The molecule has 0 aromatic carbocycles. The minimum atomic E-state index is -0.198. The van der Waals surface area contributed by atoms with Crippen LogP contribution in [0, 0.1) is 0 Å². The summed E-state index contributed by atoms with van der Waals surface area (Å²) >= 11 is 0. The second kappa shape index (κ2) is 4.94. The first-order valence-corrected chi connectivity index (χ1v) is 5.56. The van der Waals surface area contributed by atoms with Gasteiger partial charge < -0.3 is 15.0 Å². The van der Waals surface area contributed by atoms with Crippen LogP contribution in [0.2, 0.25) is 0 Å². The van der Waals surface area contributed by atoms with Crippen LogP contribution in [0.25, 0.3) is 0 Å². The third kappa shape index (κ3) is 2.69. The average Bonchev–Trinajstić information content (AvgIpc) is 2.49. The lowest BCUT2D eigenvalue weighted by Crippen LogP contribution is -2.50. The molecule has 1 aliphatic heterocycles. The summed E-state index contributed by atoms with van der Waals surface area (Å²) in [7, 11) is 1.67. The molecule has 1 heterocycles. The molecule has 4 nitrogen and oxygen atoms in total. The maximum Gasteiger partial charge on any atom is 0.240 e. The van der Waals surface area contributed by atoms with E-state index in [2.05, 4.69) is 5.32 Å². The summed E-state index contributed by atoms with van der Waals surface area (Å²) in [5, 5.41) is 3.21. The quantitative estimate of drug-likeness (QED) is 0.729. The fourth-order valence-electron chi connectivity index (χ4n) is 2.15. The van der Waals surface area contributed by atoms with Gasteiger partial charge in [-0.15, -0.1) is 0 Å². The van der Waals surface area contributed by atoms with Crippen molar-refractivity contribution in [1.82, 2.24) is 10.2 Å². The summed E-state index contributed by atoms with van der Waals surface area (Å²) in [5.41, 5.74) is -0.198. The number of hydrogen-bond acceptors (Lipinski definition) is 3. The monoisotopic (exact) mass is 214 g/mol. The van der Waals surface area contributed by atoms with E-state index in [0.717, 1.165) is 19.5 Å². The lowest BCUT2D eigenvalue weighted by atomic mass is 10.1. The van der Waals surface area contributed by atoms with Gasteiger partial charge in [-0.3, -0.25) is 4.79 Å². The maximum atomic E-state index is 12.0. The summed E-state index contributed by atoms with van der Waals surface area (Å²) < 4.78 is 5.15. The topological polar surface area (TPSA) is 41.6 Å². The molecule has 1 rings (SSSR count). The number of likely N-dealkylation sites (tertiary alicyclic amines) is 1. The minimum absolute atomic E-state index is 0.00568. The molecule has 0 aromatic heterocycles. The fraction of sp³-hybridized carbons (Fsp3) is 0.909. The Balaban J connectivity index is 2.62. The van der Waals surface area contributed by atoms with Crippen LogP contribution in [0.4, 0.5) is 0 Å². The second-order valence-corrected chi connectivity index (χ2v) is 4.63. The largest absolute Gasteiger partial charge is 0.382 e. The predicted octanol–water partition coefficient (Wildman–Crippen LogP) is 0.622. The first kappa shape index (κ1) is 12.5. The van der Waals surface area contributed by atoms with Crippen molar-refractivity contribution in [2.24, 2.45) is 0 Å². The predicted molar refractivity (Wildman–Crippen MR) is 59.7 cm³/mol. The molecule has 0 aromatic rings. The van der Waals surface area contributed by atoms with E-state index in [1.807, 2.05) is 25.7 Å². The van der Waals surface area contributed by atoms with Crippen LogP contribution in [0.5, 0.6) is 0 Å². The molecule has 88 valence electrons. The number of nitrogens with zero attached hydrogens (tertiary/aromatic N) is 1. The van der Waals surface area contributed by atoms with Gasteiger partial charge in [0.1, 0.15) is 0 Å². The van der Waals surface area contributed by atoms with Gasteiger partial charge in [-0.1, -0.05) is 6.92 Å². The van der Waals surface area contributed by atoms with Crippen LogP contribution in [-0.4, -0.2) is 49.2 Å². The zero-order valence-corrected chi connectivity index (χ0v) is 10.2. The van der Waals surface area contributed by atoms with Gasteiger partial charge >= 0.3 is 0 Å². The Bertz CT molecular complexity index is 229. The number of ether oxygens (including phenoxy) is 1. The van der Waals surface area contributed by atoms with Crippen molar-refractivity contribution >= 4 is 5.91 Å². The van der Waals surface area contributed by atoms with Gasteiger partial charge in [-0.25, -0.2) is 0 Å². The first-order chi connectivity index (χ1) is 7.03. The number of carbonyl (C=O) groups excluding carboxylic acids is 1. The molecule has 0 saturated carbocycles. The molecule has 0 bridgehead atoms. The van der Waals surface area contributed by atoms with Crippen LogP contribution in [0.3, 0.4) is 0 Å². The molecule has 1 atom stereocenters. The zero-order valence-electron chi connectivity index (χ0n) is 10.2. The SMILES string of the molecule is CCNC1CCN(C(C)(C)COC)C1=O. The number of methoxy groups -OCH3 is 1. The Labute approximate surface area is 92.0 Å². The normalized spacial score (nSPS) is 22.5. The van der Waals surface area contributed by atoms with Crippen LogP contribution in [0.1, 0.15) is 27.2 Å². The number of rotatable bonds is 5. The van der Waals surface area contributed by atoms with Crippen molar-refractivity contribution in [2.75, 3.05) is 26.8 Å². The molecule has 1 saturated heterocycles. The first-order valence-electron chi connectivity index (χ1n) is 5.56. The Hall–Kier alpha value is -0.610. The number of amides is 1. The van der Waals surface area contributed by atoms with Gasteiger partial charge in [0.05, 0.1) is 18.2 Å². The molecule has 15 heavy (non-hydrogen) atoms. The van der Waals surface area contributed by atoms with Crippen molar-refractivity contribution < 1.29 is 9.53 Å². The third-order valence-corrected chi connectivity index (χ3v) is 2.88. The van der Waals surface area contributed by atoms with Crippen LogP contribution >= 0.6 is 0 Å². The van der Waals surface area contributed by atoms with E-state index in [1.165, 1.54) is 0 Å². The standard InChI is InChI=1S/C11H22N2O2/c1-5-12-9-6-7-13(10(9)14)11(2,3)8-15-4/h9,12H,5-8H2,1-4H3. The van der Waals surface area contributed by atoms with Crippen molar-refractivity contribution in [1.29, 1.82) is 0 Å². The highest BCUT2D eigenvalue weighted by Crippen LogP contribution is 2.22. The van der Waals surface area contributed by atoms with Gasteiger partial charge in [0.25, 0.3) is 0 Å². The maximum absolute atomic E-state index is 12.0. The molecule has 0 spiro atoms. The van der Waals surface area contributed by atoms with E-state index in [1.54, 1.807) is 7.11 Å². The lowest BCUT2D eigenvalue weighted by Gasteiger charge is -2.35. The highest BCUT2D eigenvalue weighted by atomic mass is 16.5. The number of carbonyl (C=O) groups is 1. The van der Waals surface area contributed by atoms with Gasteiger partial charge in [0, 0.05) is 13.7 Å². The molecule has 1 unspecified atom stereocenters. The highest BCUT2D eigenvalue weighted by molar-refractivity contribution is 5.84. The molecular formula is C11H22N2O2. The van der Waals surface area contributed by atoms with Gasteiger partial charge in [0.15, 0.2) is 0 Å². The Morgan fingerprint density at radius 1 is 1.60 bits per heavy atom. The van der Waals surface area contributed by atoms with Crippen LogP contribution < -0.4 is 5.32 Å². The molecule has 1 amide bonds. The number of hydrogen-bond donors (Lipinski definition) is 1.